The lowest BCUT2D eigenvalue weighted by Gasteiger charge is -2.17. The van der Waals surface area contributed by atoms with E-state index in [1.165, 1.54) is 23.4 Å². The summed E-state index contributed by atoms with van der Waals surface area (Å²) >= 11 is 5.84. The Hall–Kier alpha value is -2.87. The van der Waals surface area contributed by atoms with Gasteiger partial charge in [0.1, 0.15) is 12.7 Å². The van der Waals surface area contributed by atoms with E-state index in [2.05, 4.69) is 15.4 Å². The summed E-state index contributed by atoms with van der Waals surface area (Å²) in [6.45, 7) is 1.65. The predicted molar refractivity (Wildman–Crippen MR) is 94.9 cm³/mol. The van der Waals surface area contributed by atoms with Crippen LogP contribution in [-0.2, 0) is 11.0 Å². The van der Waals surface area contributed by atoms with Crippen molar-refractivity contribution in [2.75, 3.05) is 5.32 Å². The van der Waals surface area contributed by atoms with E-state index in [0.29, 0.717) is 10.6 Å². The highest BCUT2D eigenvalue weighted by Gasteiger charge is 2.31. The summed E-state index contributed by atoms with van der Waals surface area (Å²) in [6.07, 6.45) is -1.96. The van der Waals surface area contributed by atoms with Crippen LogP contribution in [0.5, 0.6) is 0 Å². The second-order valence-corrected chi connectivity index (χ2v) is 6.27. The summed E-state index contributed by atoms with van der Waals surface area (Å²) in [5, 5.41) is 7.01. The number of halogens is 4. The van der Waals surface area contributed by atoms with Crippen LogP contribution in [0.1, 0.15) is 24.0 Å². The fourth-order valence-corrected chi connectivity index (χ4v) is 2.61. The Kier molecular flexibility index (Phi) is 5.18. The van der Waals surface area contributed by atoms with Crippen molar-refractivity contribution in [3.05, 3.63) is 71.3 Å². The third kappa shape index (κ3) is 4.28. The van der Waals surface area contributed by atoms with Crippen molar-refractivity contribution in [3.8, 4) is 5.69 Å². The highest BCUT2D eigenvalue weighted by Crippen LogP contribution is 2.33. The van der Waals surface area contributed by atoms with Crippen LogP contribution >= 0.6 is 11.6 Å². The van der Waals surface area contributed by atoms with Gasteiger partial charge in [-0.05, 0) is 42.8 Å². The predicted octanol–water partition coefficient (Wildman–Crippen LogP) is 4.68. The quantitative estimate of drug-likeness (QED) is 0.698. The number of nitrogens with zero attached hydrogens (tertiary/aromatic N) is 3. The summed E-state index contributed by atoms with van der Waals surface area (Å²) < 4.78 is 40.5. The molecule has 0 radical (unpaired) electrons. The molecular weight excluding hydrogens is 381 g/mol. The maximum atomic E-state index is 13.1. The number of anilines is 1. The van der Waals surface area contributed by atoms with E-state index >= 15 is 0 Å². The molecule has 0 spiro atoms. The van der Waals surface area contributed by atoms with Gasteiger partial charge < -0.3 is 5.32 Å². The zero-order valence-electron chi connectivity index (χ0n) is 14.0. The molecular formula is C18H14ClF3N4O. The van der Waals surface area contributed by atoms with E-state index in [1.54, 1.807) is 31.2 Å². The smallest absolute Gasteiger partial charge is 0.324 e. The van der Waals surface area contributed by atoms with Crippen LogP contribution in [0.15, 0.2) is 55.1 Å². The van der Waals surface area contributed by atoms with Gasteiger partial charge >= 0.3 is 6.18 Å². The maximum absolute atomic E-state index is 13.1. The largest absolute Gasteiger partial charge is 0.416 e. The van der Waals surface area contributed by atoms with E-state index in [1.807, 2.05) is 0 Å². The van der Waals surface area contributed by atoms with Gasteiger partial charge in [-0.3, -0.25) is 4.79 Å². The number of rotatable bonds is 4. The monoisotopic (exact) mass is 394 g/mol. The molecule has 1 aromatic heterocycles. The standard InChI is InChI=1S/C18H14ClF3N4O/c1-11(12-2-5-14(19)6-3-12)17(27)25-15-8-13(18(20,21)22)4-7-16(15)26-10-23-9-24-26/h2-11H,1H3,(H,25,27). The van der Waals surface area contributed by atoms with Crippen molar-refractivity contribution in [1.82, 2.24) is 14.8 Å². The summed E-state index contributed by atoms with van der Waals surface area (Å²) in [7, 11) is 0. The summed E-state index contributed by atoms with van der Waals surface area (Å²) in [4.78, 5) is 16.4. The molecule has 1 N–H and O–H groups in total. The number of carbonyl (C=O) groups is 1. The Labute approximate surface area is 157 Å². The lowest BCUT2D eigenvalue weighted by Crippen LogP contribution is -2.20. The van der Waals surface area contributed by atoms with E-state index in [0.717, 1.165) is 12.1 Å². The minimum Gasteiger partial charge on any atom is -0.324 e. The number of hydrogen-bond acceptors (Lipinski definition) is 3. The molecule has 0 bridgehead atoms. The first kappa shape index (κ1) is 18.9. The molecule has 1 heterocycles. The van der Waals surface area contributed by atoms with Crippen LogP contribution in [0.4, 0.5) is 18.9 Å². The number of amides is 1. The molecule has 3 aromatic rings. The number of carbonyl (C=O) groups excluding carboxylic acids is 1. The van der Waals surface area contributed by atoms with Gasteiger partial charge in [0.2, 0.25) is 5.91 Å². The second kappa shape index (κ2) is 7.40. The maximum Gasteiger partial charge on any atom is 0.416 e. The molecule has 5 nitrogen and oxygen atoms in total. The molecule has 0 fully saturated rings. The van der Waals surface area contributed by atoms with Gasteiger partial charge in [-0.2, -0.15) is 18.3 Å². The van der Waals surface area contributed by atoms with Crippen LogP contribution in [0.25, 0.3) is 5.69 Å². The minimum atomic E-state index is -4.54. The zero-order chi connectivity index (χ0) is 19.6. The van der Waals surface area contributed by atoms with Crippen molar-refractivity contribution >= 4 is 23.2 Å². The van der Waals surface area contributed by atoms with Gasteiger partial charge in [0.15, 0.2) is 0 Å². The molecule has 27 heavy (non-hydrogen) atoms. The molecule has 3 rings (SSSR count). The highest BCUT2D eigenvalue weighted by atomic mass is 35.5. The summed E-state index contributed by atoms with van der Waals surface area (Å²) in [5.74, 6) is -1.06. The number of hydrogen-bond donors (Lipinski definition) is 1. The Morgan fingerprint density at radius 3 is 2.48 bits per heavy atom. The highest BCUT2D eigenvalue weighted by molar-refractivity contribution is 6.30. The number of alkyl halides is 3. The Morgan fingerprint density at radius 1 is 1.19 bits per heavy atom. The van der Waals surface area contributed by atoms with Crippen molar-refractivity contribution in [2.45, 2.75) is 19.0 Å². The molecule has 0 saturated carbocycles. The number of benzene rings is 2. The molecule has 1 amide bonds. The second-order valence-electron chi connectivity index (χ2n) is 5.83. The van der Waals surface area contributed by atoms with Gasteiger partial charge in [0, 0.05) is 5.02 Å². The third-order valence-corrected chi connectivity index (χ3v) is 4.26. The topological polar surface area (TPSA) is 59.8 Å². The van der Waals surface area contributed by atoms with Crippen molar-refractivity contribution in [2.24, 2.45) is 0 Å². The van der Waals surface area contributed by atoms with Gasteiger partial charge in [0.25, 0.3) is 0 Å². The van der Waals surface area contributed by atoms with Crippen LogP contribution in [0.3, 0.4) is 0 Å². The molecule has 1 unspecified atom stereocenters. The lowest BCUT2D eigenvalue weighted by molar-refractivity contribution is -0.137. The molecule has 0 aliphatic rings. The van der Waals surface area contributed by atoms with Gasteiger partial charge in [-0.1, -0.05) is 23.7 Å². The first-order valence-corrected chi connectivity index (χ1v) is 8.26. The number of nitrogens with one attached hydrogen (secondary N) is 1. The van der Waals surface area contributed by atoms with E-state index in [4.69, 9.17) is 11.6 Å². The molecule has 0 aliphatic carbocycles. The summed E-state index contributed by atoms with van der Waals surface area (Å²) in [5.41, 5.74) is 0.0743. The normalized spacial score (nSPS) is 12.6. The third-order valence-electron chi connectivity index (χ3n) is 4.01. The molecule has 2 aromatic carbocycles. The average Bonchev–Trinajstić information content (AvgIpc) is 3.15. The lowest BCUT2D eigenvalue weighted by atomic mass is 10.00. The average molecular weight is 395 g/mol. The zero-order valence-corrected chi connectivity index (χ0v) is 14.8. The van der Waals surface area contributed by atoms with Gasteiger partial charge in [0.05, 0.1) is 22.9 Å². The van der Waals surface area contributed by atoms with Crippen LogP contribution in [0, 0.1) is 0 Å². The molecule has 0 saturated heterocycles. The van der Waals surface area contributed by atoms with Crippen molar-refractivity contribution < 1.29 is 18.0 Å². The molecule has 140 valence electrons. The molecule has 1 atom stereocenters. The fourth-order valence-electron chi connectivity index (χ4n) is 2.49. The Bertz CT molecular complexity index is 940. The molecule has 9 heteroatoms. The van der Waals surface area contributed by atoms with Crippen LogP contribution < -0.4 is 5.32 Å². The first-order valence-electron chi connectivity index (χ1n) is 7.88. The summed E-state index contributed by atoms with van der Waals surface area (Å²) in [6, 6.07) is 9.71. The van der Waals surface area contributed by atoms with Crippen molar-refractivity contribution in [1.29, 1.82) is 0 Å². The van der Waals surface area contributed by atoms with E-state index < -0.39 is 23.6 Å². The first-order chi connectivity index (χ1) is 12.8. The van der Waals surface area contributed by atoms with Crippen molar-refractivity contribution in [3.63, 3.8) is 0 Å². The van der Waals surface area contributed by atoms with Crippen LogP contribution in [-0.4, -0.2) is 20.7 Å². The van der Waals surface area contributed by atoms with Gasteiger partial charge in [-0.15, -0.1) is 0 Å². The van der Waals surface area contributed by atoms with Crippen LogP contribution in [0.2, 0.25) is 5.02 Å². The molecule has 0 aliphatic heterocycles. The Morgan fingerprint density at radius 2 is 1.89 bits per heavy atom. The van der Waals surface area contributed by atoms with E-state index in [-0.39, 0.29) is 11.4 Å². The SMILES string of the molecule is CC(C(=O)Nc1cc(C(F)(F)F)ccc1-n1cncn1)c1ccc(Cl)cc1. The minimum absolute atomic E-state index is 0.0128. The van der Waals surface area contributed by atoms with E-state index in [9.17, 15) is 18.0 Å². The number of aromatic nitrogens is 3. The fraction of sp³-hybridized carbons (Fsp3) is 0.167. The van der Waals surface area contributed by atoms with Gasteiger partial charge in [-0.25, -0.2) is 9.67 Å². The Balaban J connectivity index is 1.94.